The van der Waals surface area contributed by atoms with Crippen molar-refractivity contribution in [2.24, 2.45) is 0 Å². The zero-order valence-electron chi connectivity index (χ0n) is 20.0. The van der Waals surface area contributed by atoms with Crippen LogP contribution < -0.4 is 9.62 Å². The van der Waals surface area contributed by atoms with E-state index < -0.39 is 22.1 Å². The molecule has 0 spiro atoms. The van der Waals surface area contributed by atoms with Crippen molar-refractivity contribution in [3.63, 3.8) is 0 Å². The number of thiazole rings is 1. The number of nitrogens with one attached hydrogen (secondary N) is 1. The molecular weight excluding hydrogens is 517 g/mol. The number of carbonyl (C=O) groups is 1. The molecule has 12 heteroatoms. The smallest absolute Gasteiger partial charge is 0.263 e. The zero-order chi connectivity index (χ0) is 26.2. The highest BCUT2D eigenvalue weighted by atomic mass is 32.2. The number of hydrogen-bond donors (Lipinski definition) is 2. The maximum absolute atomic E-state index is 14.1. The quantitative estimate of drug-likeness (QED) is 0.365. The van der Waals surface area contributed by atoms with Gasteiger partial charge in [-0.05, 0) is 49.4 Å². The Labute approximate surface area is 220 Å². The van der Waals surface area contributed by atoms with Crippen LogP contribution >= 0.6 is 11.3 Å². The fourth-order valence-electron chi connectivity index (χ4n) is 4.67. The number of rotatable bonds is 7. The van der Waals surface area contributed by atoms with Crippen molar-refractivity contribution in [1.82, 2.24) is 14.5 Å². The second-order valence-corrected chi connectivity index (χ2v) is 11.4. The van der Waals surface area contributed by atoms with Crippen LogP contribution in [0.3, 0.4) is 0 Å². The minimum atomic E-state index is -3.75. The van der Waals surface area contributed by atoms with Crippen molar-refractivity contribution in [2.75, 3.05) is 35.9 Å². The number of halogens is 1. The highest BCUT2D eigenvalue weighted by molar-refractivity contribution is 7.93. The maximum atomic E-state index is 14.1. The number of benzene rings is 2. The lowest BCUT2D eigenvalue weighted by Gasteiger charge is -2.42. The molecule has 1 aliphatic heterocycles. The fourth-order valence-corrected chi connectivity index (χ4v) is 6.46. The molecule has 2 aromatic heterocycles. The summed E-state index contributed by atoms with van der Waals surface area (Å²) in [4.78, 5) is 21.2. The van der Waals surface area contributed by atoms with E-state index in [0.717, 1.165) is 5.69 Å². The molecular formula is C25H30FN5O4S2. The second kappa shape index (κ2) is 10.1. The molecule has 198 valence electrons. The number of amides is 1. The van der Waals surface area contributed by atoms with Crippen LogP contribution in [0.25, 0.3) is 10.9 Å². The van der Waals surface area contributed by atoms with Gasteiger partial charge in [-0.3, -0.25) is 9.52 Å². The van der Waals surface area contributed by atoms with E-state index in [1.54, 1.807) is 58.3 Å². The maximum Gasteiger partial charge on any atom is 0.263 e. The molecule has 1 aliphatic rings. The van der Waals surface area contributed by atoms with Crippen molar-refractivity contribution < 1.29 is 25.6 Å². The van der Waals surface area contributed by atoms with Crippen LogP contribution in [0.1, 0.15) is 15.8 Å². The summed E-state index contributed by atoms with van der Waals surface area (Å²) in [6.45, 7) is 2.83. The molecule has 0 bridgehead atoms. The number of aliphatic hydroxyl groups excluding tert-OH is 1. The summed E-state index contributed by atoms with van der Waals surface area (Å²) in [7, 11) is -3.75. The van der Waals surface area contributed by atoms with Gasteiger partial charge >= 0.3 is 0 Å². The predicted octanol–water partition coefficient (Wildman–Crippen LogP) is 3.80. The molecule has 2 N–H and O–H groups in total. The summed E-state index contributed by atoms with van der Waals surface area (Å²) in [5, 5.41) is 12.5. The molecule has 2 atom stereocenters. The van der Waals surface area contributed by atoms with Gasteiger partial charge in [0.15, 0.2) is 5.13 Å². The number of anilines is 2. The molecule has 37 heavy (non-hydrogen) atoms. The van der Waals surface area contributed by atoms with Gasteiger partial charge in [-0.25, -0.2) is 17.8 Å². The Bertz CT molecular complexity index is 1520. The van der Waals surface area contributed by atoms with Gasteiger partial charge in [0.05, 0.1) is 23.1 Å². The molecule has 1 saturated heterocycles. The van der Waals surface area contributed by atoms with E-state index in [-0.39, 0.29) is 26.1 Å². The Hall–Kier alpha value is -3.48. The summed E-state index contributed by atoms with van der Waals surface area (Å²) in [5.41, 5.74) is 1.43. The fraction of sp³-hybridized carbons (Fsp3) is 0.280. The monoisotopic (exact) mass is 547 g/mol. The third kappa shape index (κ3) is 4.91. The molecule has 0 unspecified atom stereocenters. The molecule has 4 aromatic rings. The zero-order valence-corrected chi connectivity index (χ0v) is 21.6. The van der Waals surface area contributed by atoms with Gasteiger partial charge in [0, 0.05) is 51.3 Å². The van der Waals surface area contributed by atoms with E-state index in [1.807, 2.05) is 4.90 Å². The van der Waals surface area contributed by atoms with Crippen molar-refractivity contribution in [2.45, 2.75) is 23.9 Å². The lowest BCUT2D eigenvalue weighted by molar-refractivity contribution is -0.138. The average molecular weight is 548 g/mol. The van der Waals surface area contributed by atoms with Gasteiger partial charge in [-0.15, -0.1) is 11.3 Å². The topological polar surface area (TPSA) is 108 Å². The largest absolute Gasteiger partial charge is 0.394 e. The second-order valence-electron chi connectivity index (χ2n) is 8.82. The summed E-state index contributed by atoms with van der Waals surface area (Å²) in [6, 6.07) is 11.9. The standard InChI is InChI=1S/C25H26FN5O4S2.2H2/c1-17(30-11-9-21-22(26)3-2-4-23(21)30)24(33)31-13-12-29(15-19(31)16-32)18-5-7-20(8-6-18)37(34,35)28-25-27-10-14-36-25;;/h2-11,14,17,19,32H,12-13,15-16H2,1H3,(H,27,28);2*1H/t17-,19-;;/m0../s1. The number of piperazine rings is 1. The lowest BCUT2D eigenvalue weighted by atomic mass is 10.1. The molecule has 0 saturated carbocycles. The molecule has 1 fully saturated rings. The molecule has 9 nitrogen and oxygen atoms in total. The van der Waals surface area contributed by atoms with Crippen LogP contribution in [0.4, 0.5) is 15.2 Å². The molecule has 0 radical (unpaired) electrons. The third-order valence-electron chi connectivity index (χ3n) is 6.63. The predicted molar refractivity (Wildman–Crippen MR) is 145 cm³/mol. The number of sulfonamides is 1. The average Bonchev–Trinajstić information content (AvgIpc) is 3.58. The minimum Gasteiger partial charge on any atom is -0.394 e. The Morgan fingerprint density at radius 3 is 2.73 bits per heavy atom. The van der Waals surface area contributed by atoms with Gasteiger partial charge in [0.25, 0.3) is 10.0 Å². The van der Waals surface area contributed by atoms with Gasteiger partial charge < -0.3 is 19.5 Å². The third-order valence-corrected chi connectivity index (χ3v) is 8.80. The number of fused-ring (bicyclic) bond motifs is 1. The number of aromatic nitrogens is 2. The van der Waals surface area contributed by atoms with Crippen LogP contribution in [0.15, 0.2) is 71.2 Å². The van der Waals surface area contributed by atoms with Crippen LogP contribution in [-0.2, 0) is 14.8 Å². The van der Waals surface area contributed by atoms with Gasteiger partial charge in [-0.1, -0.05) is 6.07 Å². The van der Waals surface area contributed by atoms with Crippen LogP contribution in [0.5, 0.6) is 0 Å². The van der Waals surface area contributed by atoms with Crippen molar-refractivity contribution in [3.05, 3.63) is 72.1 Å². The molecule has 0 aliphatic carbocycles. The first-order valence-corrected chi connectivity index (χ1v) is 14.1. The lowest BCUT2D eigenvalue weighted by Crippen LogP contribution is -2.57. The van der Waals surface area contributed by atoms with E-state index in [0.29, 0.717) is 35.7 Å². The molecule has 5 rings (SSSR count). The van der Waals surface area contributed by atoms with E-state index >= 15 is 0 Å². The van der Waals surface area contributed by atoms with Crippen molar-refractivity contribution in [3.8, 4) is 0 Å². The summed E-state index contributed by atoms with van der Waals surface area (Å²) in [6.07, 6.45) is 3.23. The highest BCUT2D eigenvalue weighted by Crippen LogP contribution is 2.27. The van der Waals surface area contributed by atoms with Crippen molar-refractivity contribution in [1.29, 1.82) is 0 Å². The normalized spacial score (nSPS) is 17.2. The van der Waals surface area contributed by atoms with Crippen LogP contribution in [0.2, 0.25) is 0 Å². The molecule has 2 aromatic carbocycles. The Morgan fingerprint density at radius 1 is 1.24 bits per heavy atom. The summed E-state index contributed by atoms with van der Waals surface area (Å²) >= 11 is 1.19. The SMILES string of the molecule is C[C@@H](C(=O)N1CCN(c2ccc(S(=O)(=O)Nc3nccs3)cc2)C[C@H]1CO)n1ccc2c(F)cccc21.[HH].[HH]. The Kier molecular flexibility index (Phi) is 6.88. The van der Waals surface area contributed by atoms with E-state index in [1.165, 1.54) is 35.7 Å². The number of nitrogens with zero attached hydrogens (tertiary/aromatic N) is 4. The van der Waals surface area contributed by atoms with Crippen LogP contribution in [0, 0.1) is 5.82 Å². The van der Waals surface area contributed by atoms with Gasteiger partial charge in [0.1, 0.15) is 11.9 Å². The molecule has 1 amide bonds. The summed E-state index contributed by atoms with van der Waals surface area (Å²) in [5.74, 6) is -0.495. The number of carbonyl (C=O) groups excluding carboxylic acids is 1. The van der Waals surface area contributed by atoms with Gasteiger partial charge in [0.2, 0.25) is 5.91 Å². The van der Waals surface area contributed by atoms with E-state index in [4.69, 9.17) is 0 Å². The highest BCUT2D eigenvalue weighted by Gasteiger charge is 2.33. The first kappa shape index (κ1) is 25.2. The Balaban J connectivity index is 0.00000210. The number of aliphatic hydroxyl groups is 1. The minimum absolute atomic E-state index is 0. The van der Waals surface area contributed by atoms with Crippen LogP contribution in [-0.4, -0.2) is 66.2 Å². The first-order valence-electron chi connectivity index (χ1n) is 11.7. The van der Waals surface area contributed by atoms with Crippen molar-refractivity contribution >= 4 is 49.0 Å². The van der Waals surface area contributed by atoms with E-state index in [9.17, 15) is 22.7 Å². The summed E-state index contributed by atoms with van der Waals surface area (Å²) < 4.78 is 43.5. The Morgan fingerprint density at radius 2 is 2.03 bits per heavy atom. The molecule has 3 heterocycles. The van der Waals surface area contributed by atoms with E-state index in [2.05, 4.69) is 9.71 Å². The first-order chi connectivity index (χ1) is 17.8. The number of hydrogen-bond acceptors (Lipinski definition) is 7. The van der Waals surface area contributed by atoms with Gasteiger partial charge in [-0.2, -0.15) is 0 Å².